The van der Waals surface area contributed by atoms with E-state index in [0.717, 1.165) is 62.8 Å². The number of alkyl halides is 3. The average Bonchev–Trinajstić information content (AvgIpc) is 2.95. The Kier molecular flexibility index (Phi) is 10.6. The first-order valence-electron chi connectivity index (χ1n) is 14.6. The van der Waals surface area contributed by atoms with E-state index >= 15 is 0 Å². The number of carbonyl (C=O) groups excluding carboxylic acids is 1. The van der Waals surface area contributed by atoms with Crippen LogP contribution in [0.15, 0.2) is 53.4 Å². The highest BCUT2D eigenvalue weighted by atomic mass is 32.2. The van der Waals surface area contributed by atoms with Gasteiger partial charge in [-0.25, -0.2) is 21.1 Å². The first-order chi connectivity index (χ1) is 20.1. The van der Waals surface area contributed by atoms with Crippen molar-refractivity contribution < 1.29 is 34.8 Å². The number of hydrogen-bond donors (Lipinski definition) is 0. The van der Waals surface area contributed by atoms with Crippen molar-refractivity contribution in [3.05, 3.63) is 59.7 Å². The van der Waals surface area contributed by atoms with Gasteiger partial charge in [0.15, 0.2) is 9.84 Å². The van der Waals surface area contributed by atoms with Crippen molar-refractivity contribution in [3.8, 4) is 0 Å². The summed E-state index contributed by atoms with van der Waals surface area (Å²) in [5.74, 6) is -0.0978. The lowest BCUT2D eigenvalue weighted by Gasteiger charge is -2.35. The quantitative estimate of drug-likeness (QED) is 0.380. The van der Waals surface area contributed by atoms with Crippen molar-refractivity contribution in [2.45, 2.75) is 49.6 Å². The van der Waals surface area contributed by atoms with Crippen LogP contribution in [0.1, 0.15) is 43.2 Å². The van der Waals surface area contributed by atoms with E-state index in [9.17, 15) is 34.8 Å². The Morgan fingerprint density at radius 2 is 1.44 bits per heavy atom. The van der Waals surface area contributed by atoms with Crippen LogP contribution < -0.4 is 4.90 Å². The van der Waals surface area contributed by atoms with Gasteiger partial charge in [-0.2, -0.15) is 13.2 Å². The molecule has 0 spiro atoms. The summed E-state index contributed by atoms with van der Waals surface area (Å²) in [5.41, 5.74) is 0.738. The lowest BCUT2D eigenvalue weighted by Crippen LogP contribution is -2.45. The Morgan fingerprint density at radius 3 is 1.95 bits per heavy atom. The zero-order chi connectivity index (χ0) is 31.4. The third-order valence-corrected chi connectivity index (χ3v) is 10.9. The number of nitrogens with zero attached hydrogens (tertiary/aromatic N) is 3. The van der Waals surface area contributed by atoms with Gasteiger partial charge >= 0.3 is 6.18 Å². The van der Waals surface area contributed by atoms with Gasteiger partial charge in [-0.1, -0.05) is 12.1 Å². The molecule has 43 heavy (non-hydrogen) atoms. The Hall–Kier alpha value is -2.48. The molecule has 4 rings (SSSR count). The van der Waals surface area contributed by atoms with Crippen molar-refractivity contribution in [2.24, 2.45) is 11.8 Å². The Labute approximate surface area is 252 Å². The van der Waals surface area contributed by atoms with Gasteiger partial charge in [-0.3, -0.25) is 4.79 Å². The topological polar surface area (TPSA) is 95.1 Å². The van der Waals surface area contributed by atoms with Crippen LogP contribution in [0.3, 0.4) is 0 Å². The normalized spacial score (nSPS) is 18.5. The molecule has 2 aliphatic heterocycles. The van der Waals surface area contributed by atoms with E-state index in [0.29, 0.717) is 42.3 Å². The lowest BCUT2D eigenvalue weighted by atomic mass is 9.90. The summed E-state index contributed by atoms with van der Waals surface area (Å²) in [7, 11) is -6.57. The van der Waals surface area contributed by atoms with Crippen molar-refractivity contribution in [3.63, 3.8) is 0 Å². The summed E-state index contributed by atoms with van der Waals surface area (Å²) in [4.78, 5) is 17.8. The molecule has 2 aromatic carbocycles. The number of benzene rings is 2. The maximum absolute atomic E-state index is 13.6. The number of likely N-dealkylation sites (tertiary alicyclic amines) is 1. The molecule has 238 valence electrons. The molecule has 1 amide bonds. The highest BCUT2D eigenvalue weighted by Crippen LogP contribution is 2.32. The Morgan fingerprint density at radius 1 is 0.860 bits per heavy atom. The number of sulfone groups is 1. The van der Waals surface area contributed by atoms with Gasteiger partial charge in [0.25, 0.3) is 0 Å². The molecule has 0 aromatic heterocycles. The molecule has 8 nitrogen and oxygen atoms in total. The van der Waals surface area contributed by atoms with Crippen LogP contribution in [0, 0.1) is 11.8 Å². The van der Waals surface area contributed by atoms with E-state index in [2.05, 4.69) is 4.90 Å². The molecule has 2 fully saturated rings. The molecule has 2 saturated heterocycles. The summed E-state index contributed by atoms with van der Waals surface area (Å²) < 4.78 is 88.0. The second-order valence-electron chi connectivity index (χ2n) is 11.7. The highest BCUT2D eigenvalue weighted by molar-refractivity contribution is 7.90. The van der Waals surface area contributed by atoms with Gasteiger partial charge in [0.05, 0.1) is 16.7 Å². The van der Waals surface area contributed by atoms with Crippen LogP contribution in [0.2, 0.25) is 0 Å². The molecular weight excluding hydrogens is 603 g/mol. The van der Waals surface area contributed by atoms with E-state index in [1.165, 1.54) is 22.7 Å². The zero-order valence-electron chi connectivity index (χ0n) is 24.6. The van der Waals surface area contributed by atoms with Gasteiger partial charge in [0.2, 0.25) is 15.9 Å². The summed E-state index contributed by atoms with van der Waals surface area (Å²) in [6.07, 6.45) is 2.12. The third-order valence-electron chi connectivity index (χ3n) is 8.48. The second-order valence-corrected chi connectivity index (χ2v) is 15.7. The van der Waals surface area contributed by atoms with Gasteiger partial charge in [-0.05, 0) is 106 Å². The molecule has 2 heterocycles. The van der Waals surface area contributed by atoms with E-state index in [1.807, 2.05) is 12.1 Å². The number of hydrogen-bond acceptors (Lipinski definition) is 6. The van der Waals surface area contributed by atoms with Crippen LogP contribution >= 0.6 is 0 Å². The first-order valence-corrected chi connectivity index (χ1v) is 18.3. The number of anilines is 1. The number of carbonyl (C=O) groups is 1. The fourth-order valence-electron chi connectivity index (χ4n) is 5.92. The number of piperidine rings is 2. The van der Waals surface area contributed by atoms with Crippen LogP contribution in [0.4, 0.5) is 18.9 Å². The standard InChI is InChI=1S/C30H40F3N3O5S2/c1-42(38,39)28-10-4-23(5-11-28)22-24-12-18-34(19-13-24)16-3-17-36(27-8-6-26(7-9-27)30(31,32)33)29(37)25-14-20-35(21-15-25)43(2,40)41/h4-11,24-25H,3,12-22H2,1-2H3. The van der Waals surface area contributed by atoms with Crippen LogP contribution in [-0.2, 0) is 37.3 Å². The van der Waals surface area contributed by atoms with E-state index in [4.69, 9.17) is 0 Å². The van der Waals surface area contributed by atoms with Crippen molar-refractivity contribution in [1.29, 1.82) is 0 Å². The monoisotopic (exact) mass is 643 g/mol. The van der Waals surface area contributed by atoms with Crippen molar-refractivity contribution in [1.82, 2.24) is 9.21 Å². The van der Waals surface area contributed by atoms with Gasteiger partial charge < -0.3 is 9.80 Å². The number of sulfonamides is 1. The average molecular weight is 644 g/mol. The fraction of sp³-hybridized carbons (Fsp3) is 0.567. The minimum atomic E-state index is -4.47. The highest BCUT2D eigenvalue weighted by Gasteiger charge is 2.33. The fourth-order valence-corrected chi connectivity index (χ4v) is 7.43. The minimum Gasteiger partial charge on any atom is -0.312 e. The van der Waals surface area contributed by atoms with Crippen LogP contribution in [0.5, 0.6) is 0 Å². The molecular formula is C30H40F3N3O5S2. The number of amides is 1. The third kappa shape index (κ3) is 9.26. The van der Waals surface area contributed by atoms with E-state index in [-0.39, 0.29) is 19.0 Å². The number of rotatable bonds is 10. The Balaban J connectivity index is 1.33. The molecule has 13 heteroatoms. The summed E-state index contributed by atoms with van der Waals surface area (Å²) in [5, 5.41) is 0. The second kappa shape index (κ2) is 13.7. The largest absolute Gasteiger partial charge is 0.416 e. The minimum absolute atomic E-state index is 0.187. The summed E-state index contributed by atoms with van der Waals surface area (Å²) >= 11 is 0. The first kappa shape index (κ1) is 33.4. The molecule has 0 saturated carbocycles. The van der Waals surface area contributed by atoms with Crippen LogP contribution in [-0.4, -0.2) is 83.7 Å². The lowest BCUT2D eigenvalue weighted by molar-refractivity contribution is -0.137. The van der Waals surface area contributed by atoms with Crippen LogP contribution in [0.25, 0.3) is 0 Å². The van der Waals surface area contributed by atoms with E-state index < -0.39 is 37.5 Å². The van der Waals surface area contributed by atoms with Gasteiger partial charge in [0, 0.05) is 37.5 Å². The summed E-state index contributed by atoms with van der Waals surface area (Å²) in [6, 6.07) is 11.7. The predicted molar refractivity (Wildman–Crippen MR) is 160 cm³/mol. The maximum atomic E-state index is 13.6. The summed E-state index contributed by atoms with van der Waals surface area (Å²) in [6.45, 7) is 3.37. The predicted octanol–water partition coefficient (Wildman–Crippen LogP) is 4.46. The molecule has 0 bridgehead atoms. The Bertz CT molecular complexity index is 1450. The SMILES string of the molecule is CS(=O)(=O)c1ccc(CC2CCN(CCCN(C(=O)C3CCN(S(C)(=O)=O)CC3)c3ccc(C(F)(F)F)cc3)CC2)cc1. The molecule has 2 aliphatic rings. The molecule has 0 atom stereocenters. The van der Waals surface area contributed by atoms with E-state index in [1.54, 1.807) is 17.0 Å². The zero-order valence-corrected chi connectivity index (χ0v) is 26.2. The maximum Gasteiger partial charge on any atom is 0.416 e. The molecule has 0 aliphatic carbocycles. The molecule has 0 unspecified atom stereocenters. The molecule has 2 aromatic rings. The van der Waals surface area contributed by atoms with Crippen molar-refractivity contribution >= 4 is 31.5 Å². The molecule has 0 N–H and O–H groups in total. The van der Waals surface area contributed by atoms with Gasteiger partial charge in [-0.15, -0.1) is 0 Å². The number of halogens is 3. The smallest absolute Gasteiger partial charge is 0.312 e. The van der Waals surface area contributed by atoms with Crippen molar-refractivity contribution in [2.75, 3.05) is 56.7 Å². The van der Waals surface area contributed by atoms with Gasteiger partial charge in [0.1, 0.15) is 0 Å². The molecule has 0 radical (unpaired) electrons.